The van der Waals surface area contributed by atoms with Gasteiger partial charge in [0.2, 0.25) is 5.95 Å². The van der Waals surface area contributed by atoms with Crippen molar-refractivity contribution in [2.45, 2.75) is 6.54 Å². The number of amides is 1. The summed E-state index contributed by atoms with van der Waals surface area (Å²) in [6.45, 7) is 0.369. The lowest BCUT2D eigenvalue weighted by Crippen LogP contribution is -2.14. The number of nitro groups is 1. The second-order valence-corrected chi connectivity index (χ2v) is 5.68. The first-order valence-corrected chi connectivity index (χ1v) is 7.52. The van der Waals surface area contributed by atoms with Crippen LogP contribution in [0.3, 0.4) is 0 Å². The maximum Gasteiger partial charge on any atom is 0.343 e. The van der Waals surface area contributed by atoms with Crippen molar-refractivity contribution in [2.75, 3.05) is 5.32 Å². The first kappa shape index (κ1) is 16.9. The molecule has 0 spiro atoms. The molecule has 0 unspecified atom stereocenters. The van der Waals surface area contributed by atoms with E-state index >= 15 is 0 Å². The number of hydrogen-bond acceptors (Lipinski definition) is 6. The molecule has 2 N–H and O–H groups in total. The number of aromatic nitrogens is 5. The minimum absolute atomic E-state index is 0.0377. The summed E-state index contributed by atoms with van der Waals surface area (Å²) in [5, 5.41) is 23.6. The van der Waals surface area contributed by atoms with E-state index in [4.69, 9.17) is 23.2 Å². The van der Waals surface area contributed by atoms with Gasteiger partial charge in [0.15, 0.2) is 5.69 Å². The van der Waals surface area contributed by atoms with Crippen molar-refractivity contribution in [3.63, 3.8) is 0 Å². The number of nitrogens with one attached hydrogen (secondary N) is 2. The smallest absolute Gasteiger partial charge is 0.343 e. The van der Waals surface area contributed by atoms with Gasteiger partial charge in [-0.2, -0.15) is 0 Å². The van der Waals surface area contributed by atoms with E-state index < -0.39 is 10.8 Å². The van der Waals surface area contributed by atoms with Crippen molar-refractivity contribution in [1.82, 2.24) is 25.0 Å². The van der Waals surface area contributed by atoms with Crippen molar-refractivity contribution < 1.29 is 9.72 Å². The maximum atomic E-state index is 12.0. The number of carbonyl (C=O) groups excluding carboxylic acids is 1. The van der Waals surface area contributed by atoms with Crippen LogP contribution in [0.1, 0.15) is 16.1 Å². The maximum absolute atomic E-state index is 12.0. The average molecular weight is 382 g/mol. The van der Waals surface area contributed by atoms with Crippen LogP contribution in [0.4, 0.5) is 11.8 Å². The van der Waals surface area contributed by atoms with Crippen LogP contribution in [-0.2, 0) is 6.54 Å². The predicted octanol–water partition coefficient (Wildman–Crippen LogP) is 2.52. The quantitative estimate of drug-likeness (QED) is 0.515. The lowest BCUT2D eigenvalue weighted by atomic mass is 10.2. The van der Waals surface area contributed by atoms with Crippen LogP contribution in [-0.4, -0.2) is 35.8 Å². The molecule has 0 radical (unpaired) electrons. The Bertz CT molecular complexity index is 953. The van der Waals surface area contributed by atoms with Gasteiger partial charge in [-0.1, -0.05) is 34.4 Å². The highest BCUT2D eigenvalue weighted by molar-refractivity contribution is 6.42. The molecular weight excluding hydrogens is 373 g/mol. The van der Waals surface area contributed by atoms with E-state index in [0.717, 1.165) is 11.6 Å². The summed E-state index contributed by atoms with van der Waals surface area (Å²) < 4.78 is 1.49. The van der Waals surface area contributed by atoms with E-state index in [9.17, 15) is 14.9 Å². The van der Waals surface area contributed by atoms with Crippen molar-refractivity contribution in [3.05, 3.63) is 62.0 Å². The fraction of sp³-hybridized carbons (Fsp3) is 0.0769. The summed E-state index contributed by atoms with van der Waals surface area (Å²) in [6, 6.07) is 6.18. The molecule has 0 fully saturated rings. The molecule has 0 bridgehead atoms. The summed E-state index contributed by atoms with van der Waals surface area (Å²) in [7, 11) is 0. The number of carbonyl (C=O) groups is 1. The summed E-state index contributed by atoms with van der Waals surface area (Å²) in [6.07, 6.45) is 1.42. The Morgan fingerprint density at radius 3 is 2.80 bits per heavy atom. The van der Waals surface area contributed by atoms with Crippen LogP contribution >= 0.6 is 23.2 Å². The molecule has 2 heterocycles. The van der Waals surface area contributed by atoms with E-state index in [1.165, 1.54) is 11.0 Å². The lowest BCUT2D eigenvalue weighted by Gasteiger charge is -2.03. The molecule has 2 aromatic heterocycles. The predicted molar refractivity (Wildman–Crippen MR) is 88.8 cm³/mol. The summed E-state index contributed by atoms with van der Waals surface area (Å²) in [4.78, 5) is 25.8. The van der Waals surface area contributed by atoms with Gasteiger partial charge in [0, 0.05) is 0 Å². The molecule has 128 valence electrons. The monoisotopic (exact) mass is 381 g/mol. The SMILES string of the molecule is O=C(Nc1ncn(Cc2ccc(Cl)c(Cl)c2)n1)c1cc([N+](=O)[O-])[nH]n1. The zero-order chi connectivity index (χ0) is 18.0. The van der Waals surface area contributed by atoms with Gasteiger partial charge in [0.05, 0.1) is 22.7 Å². The molecule has 0 aliphatic carbocycles. The minimum Gasteiger partial charge on any atom is -0.358 e. The van der Waals surface area contributed by atoms with Gasteiger partial charge < -0.3 is 10.1 Å². The van der Waals surface area contributed by atoms with Gasteiger partial charge in [-0.05, 0) is 22.6 Å². The molecule has 3 aromatic rings. The Hall–Kier alpha value is -2.98. The van der Waals surface area contributed by atoms with E-state index in [2.05, 4.69) is 25.6 Å². The van der Waals surface area contributed by atoms with Crippen molar-refractivity contribution in [3.8, 4) is 0 Å². The zero-order valence-corrected chi connectivity index (χ0v) is 13.8. The first-order valence-electron chi connectivity index (χ1n) is 6.77. The molecule has 1 aromatic carbocycles. The van der Waals surface area contributed by atoms with E-state index in [0.29, 0.717) is 16.6 Å². The van der Waals surface area contributed by atoms with Gasteiger partial charge in [-0.15, -0.1) is 10.2 Å². The molecule has 1 amide bonds. The molecule has 12 heteroatoms. The van der Waals surface area contributed by atoms with E-state index in [1.54, 1.807) is 18.2 Å². The minimum atomic E-state index is -0.687. The molecular formula is C13H9Cl2N7O3. The molecule has 10 nitrogen and oxygen atoms in total. The number of anilines is 1. The largest absolute Gasteiger partial charge is 0.358 e. The highest BCUT2D eigenvalue weighted by Crippen LogP contribution is 2.22. The average Bonchev–Trinajstić information content (AvgIpc) is 3.20. The molecule has 0 aliphatic heterocycles. The Kier molecular flexibility index (Phi) is 4.63. The van der Waals surface area contributed by atoms with E-state index in [-0.39, 0.29) is 17.5 Å². The zero-order valence-electron chi connectivity index (χ0n) is 12.3. The van der Waals surface area contributed by atoms with Crippen molar-refractivity contribution >= 4 is 40.9 Å². The van der Waals surface area contributed by atoms with Crippen LogP contribution in [0.25, 0.3) is 0 Å². The Morgan fingerprint density at radius 2 is 2.12 bits per heavy atom. The fourth-order valence-corrected chi connectivity index (χ4v) is 2.26. The van der Waals surface area contributed by atoms with Crippen molar-refractivity contribution in [2.24, 2.45) is 0 Å². The van der Waals surface area contributed by atoms with Gasteiger partial charge in [0.1, 0.15) is 6.33 Å². The van der Waals surface area contributed by atoms with Gasteiger partial charge >= 0.3 is 5.82 Å². The fourth-order valence-electron chi connectivity index (χ4n) is 1.94. The van der Waals surface area contributed by atoms with Gasteiger partial charge in [0.25, 0.3) is 5.91 Å². The van der Waals surface area contributed by atoms with Crippen molar-refractivity contribution in [1.29, 1.82) is 0 Å². The third kappa shape index (κ3) is 3.92. The molecule has 0 atom stereocenters. The van der Waals surface area contributed by atoms with Crippen LogP contribution in [0, 0.1) is 10.1 Å². The molecule has 0 saturated carbocycles. The number of benzene rings is 1. The highest BCUT2D eigenvalue weighted by atomic mass is 35.5. The molecule has 25 heavy (non-hydrogen) atoms. The topological polar surface area (TPSA) is 132 Å². The number of rotatable bonds is 5. The van der Waals surface area contributed by atoms with Gasteiger partial charge in [-0.25, -0.2) is 9.67 Å². The first-order chi connectivity index (χ1) is 11.9. The number of hydrogen-bond donors (Lipinski definition) is 2. The molecule has 0 saturated heterocycles. The standard InChI is InChI=1S/C13H9Cl2N7O3/c14-8-2-1-7(3-9(8)15)5-21-6-16-13(20-21)17-12(23)10-4-11(19-18-10)22(24)25/h1-4,6H,5H2,(H,18,19)(H,17,20,23). The number of H-pyrrole nitrogens is 1. The Balaban J connectivity index is 1.67. The number of aromatic amines is 1. The normalized spacial score (nSPS) is 10.6. The second kappa shape index (κ2) is 6.87. The summed E-state index contributed by atoms with van der Waals surface area (Å²) >= 11 is 11.8. The molecule has 0 aliphatic rings. The van der Waals surface area contributed by atoms with E-state index in [1.807, 2.05) is 0 Å². The summed E-state index contributed by atoms with van der Waals surface area (Å²) in [5.41, 5.74) is 0.702. The van der Waals surface area contributed by atoms with Gasteiger partial charge in [-0.3, -0.25) is 10.1 Å². The third-order valence-electron chi connectivity index (χ3n) is 3.08. The number of nitrogens with zero attached hydrogens (tertiary/aromatic N) is 5. The third-order valence-corrected chi connectivity index (χ3v) is 3.82. The van der Waals surface area contributed by atoms with Crippen LogP contribution in [0.5, 0.6) is 0 Å². The molecule has 3 rings (SSSR count). The van der Waals surface area contributed by atoms with Crippen LogP contribution < -0.4 is 5.32 Å². The van der Waals surface area contributed by atoms with Crippen LogP contribution in [0.15, 0.2) is 30.6 Å². The summed E-state index contributed by atoms with van der Waals surface area (Å²) in [5.74, 6) is -1.02. The Labute approximate surface area is 149 Å². The Morgan fingerprint density at radius 1 is 1.32 bits per heavy atom. The number of halogens is 2. The highest BCUT2D eigenvalue weighted by Gasteiger charge is 2.17. The van der Waals surface area contributed by atoms with Crippen LogP contribution in [0.2, 0.25) is 10.0 Å². The lowest BCUT2D eigenvalue weighted by molar-refractivity contribution is -0.389. The second-order valence-electron chi connectivity index (χ2n) is 4.86.